The summed E-state index contributed by atoms with van der Waals surface area (Å²) in [5, 5.41) is 0. The molecule has 1 aliphatic rings. The Morgan fingerprint density at radius 2 is 2.06 bits per heavy atom. The van der Waals surface area contributed by atoms with E-state index >= 15 is 0 Å². The second kappa shape index (κ2) is 5.98. The third-order valence-corrected chi connectivity index (χ3v) is 4.56. The number of rotatable bonds is 4. The summed E-state index contributed by atoms with van der Waals surface area (Å²) in [4.78, 5) is 0. The zero-order valence-electron chi connectivity index (χ0n) is 10.3. The lowest BCUT2D eigenvalue weighted by Gasteiger charge is -2.26. The van der Waals surface area contributed by atoms with Gasteiger partial charge in [-0.2, -0.15) is 0 Å². The Bertz CT molecular complexity index is 350. The summed E-state index contributed by atoms with van der Waals surface area (Å²) in [6.07, 6.45) is 5.04. The molecule has 1 fully saturated rings. The highest BCUT2D eigenvalue weighted by Gasteiger charge is 2.30. The van der Waals surface area contributed by atoms with Gasteiger partial charge in [0, 0.05) is 10.5 Å². The van der Waals surface area contributed by atoms with Crippen LogP contribution in [0.2, 0.25) is 0 Å². The van der Waals surface area contributed by atoms with E-state index in [4.69, 9.17) is 5.84 Å². The van der Waals surface area contributed by atoms with Crippen molar-refractivity contribution in [2.24, 2.45) is 17.7 Å². The number of nitrogens with two attached hydrogens (primary N) is 1. The highest BCUT2D eigenvalue weighted by molar-refractivity contribution is 9.10. The molecule has 0 heterocycles. The highest BCUT2D eigenvalue weighted by atomic mass is 79.9. The first-order chi connectivity index (χ1) is 8.20. The minimum atomic E-state index is 0.411. The van der Waals surface area contributed by atoms with Gasteiger partial charge < -0.3 is 0 Å². The van der Waals surface area contributed by atoms with Crippen LogP contribution in [0, 0.1) is 11.8 Å². The van der Waals surface area contributed by atoms with Crippen molar-refractivity contribution < 1.29 is 0 Å². The molecule has 3 atom stereocenters. The van der Waals surface area contributed by atoms with Crippen molar-refractivity contribution in [3.05, 3.63) is 34.3 Å². The molecule has 94 valence electrons. The van der Waals surface area contributed by atoms with Crippen molar-refractivity contribution >= 4 is 15.9 Å². The van der Waals surface area contributed by atoms with Gasteiger partial charge in [-0.05, 0) is 42.4 Å². The molecule has 1 saturated carbocycles. The third-order valence-electron chi connectivity index (χ3n) is 4.03. The number of benzene rings is 1. The fraction of sp³-hybridized carbons (Fsp3) is 0.571. The molecule has 17 heavy (non-hydrogen) atoms. The zero-order valence-corrected chi connectivity index (χ0v) is 11.9. The first kappa shape index (κ1) is 13.1. The molecular formula is C14H21BrN2. The number of nitrogens with one attached hydrogen (secondary N) is 1. The van der Waals surface area contributed by atoms with Crippen LogP contribution >= 0.6 is 15.9 Å². The van der Waals surface area contributed by atoms with Gasteiger partial charge in [0.1, 0.15) is 0 Å². The van der Waals surface area contributed by atoms with Crippen LogP contribution < -0.4 is 11.3 Å². The molecular weight excluding hydrogens is 276 g/mol. The van der Waals surface area contributed by atoms with Crippen molar-refractivity contribution in [3.8, 4) is 0 Å². The molecule has 0 saturated heterocycles. The summed E-state index contributed by atoms with van der Waals surface area (Å²) < 4.78 is 1.13. The first-order valence-electron chi connectivity index (χ1n) is 6.41. The standard InChI is InChI=1S/C14H21BrN2/c1-10-3-2-4-13(10)14(17-16)9-11-5-7-12(15)8-6-11/h5-8,10,13-14,17H,2-4,9,16H2,1H3. The van der Waals surface area contributed by atoms with Gasteiger partial charge in [-0.15, -0.1) is 0 Å². The average Bonchev–Trinajstić information content (AvgIpc) is 2.75. The second-order valence-corrected chi connectivity index (χ2v) is 6.09. The summed E-state index contributed by atoms with van der Waals surface area (Å²) in [5.41, 5.74) is 4.38. The number of hydrazine groups is 1. The van der Waals surface area contributed by atoms with Crippen LogP contribution in [-0.2, 0) is 6.42 Å². The van der Waals surface area contributed by atoms with Crippen molar-refractivity contribution in [1.82, 2.24) is 5.43 Å². The third kappa shape index (κ3) is 3.30. The molecule has 0 spiro atoms. The Balaban J connectivity index is 2.01. The Morgan fingerprint density at radius 1 is 1.35 bits per heavy atom. The molecule has 1 aliphatic carbocycles. The number of hydrogen-bond donors (Lipinski definition) is 2. The molecule has 2 nitrogen and oxygen atoms in total. The fourth-order valence-electron chi connectivity index (χ4n) is 2.98. The van der Waals surface area contributed by atoms with E-state index in [2.05, 4.69) is 52.5 Å². The van der Waals surface area contributed by atoms with Gasteiger partial charge in [0.05, 0.1) is 0 Å². The van der Waals surface area contributed by atoms with E-state index in [0.717, 1.165) is 22.7 Å². The van der Waals surface area contributed by atoms with Gasteiger partial charge in [-0.1, -0.05) is 47.8 Å². The Kier molecular flexibility index (Phi) is 4.60. The van der Waals surface area contributed by atoms with Crippen LogP contribution in [0.3, 0.4) is 0 Å². The lowest BCUT2D eigenvalue weighted by molar-refractivity contribution is 0.297. The fourth-order valence-corrected chi connectivity index (χ4v) is 3.24. The molecule has 0 amide bonds. The largest absolute Gasteiger partial charge is 0.271 e. The molecule has 3 unspecified atom stereocenters. The molecule has 1 aromatic carbocycles. The predicted molar refractivity (Wildman–Crippen MR) is 75.5 cm³/mol. The van der Waals surface area contributed by atoms with Crippen molar-refractivity contribution in [2.75, 3.05) is 0 Å². The van der Waals surface area contributed by atoms with Crippen LogP contribution in [0.15, 0.2) is 28.7 Å². The van der Waals surface area contributed by atoms with E-state index in [1.165, 1.54) is 24.8 Å². The van der Waals surface area contributed by atoms with E-state index < -0.39 is 0 Å². The molecule has 1 aromatic rings. The number of halogens is 1. The van der Waals surface area contributed by atoms with Gasteiger partial charge >= 0.3 is 0 Å². The highest BCUT2D eigenvalue weighted by Crippen LogP contribution is 2.34. The van der Waals surface area contributed by atoms with Gasteiger partial charge in [-0.25, -0.2) is 0 Å². The van der Waals surface area contributed by atoms with Crippen LogP contribution in [0.4, 0.5) is 0 Å². The summed E-state index contributed by atoms with van der Waals surface area (Å²) in [6.45, 7) is 2.35. The van der Waals surface area contributed by atoms with Crippen molar-refractivity contribution in [1.29, 1.82) is 0 Å². The minimum Gasteiger partial charge on any atom is -0.271 e. The lowest BCUT2D eigenvalue weighted by atomic mass is 9.87. The van der Waals surface area contributed by atoms with E-state index in [1.54, 1.807) is 0 Å². The van der Waals surface area contributed by atoms with Crippen LogP contribution in [-0.4, -0.2) is 6.04 Å². The summed E-state index contributed by atoms with van der Waals surface area (Å²) in [5.74, 6) is 7.26. The van der Waals surface area contributed by atoms with E-state index in [0.29, 0.717) is 6.04 Å². The van der Waals surface area contributed by atoms with E-state index in [1.807, 2.05) is 0 Å². The van der Waals surface area contributed by atoms with Gasteiger partial charge in [0.25, 0.3) is 0 Å². The molecule has 0 radical (unpaired) electrons. The van der Waals surface area contributed by atoms with Gasteiger partial charge in [-0.3, -0.25) is 11.3 Å². The van der Waals surface area contributed by atoms with Crippen LogP contribution in [0.5, 0.6) is 0 Å². The predicted octanol–water partition coefficient (Wildman–Crippen LogP) is 3.26. The molecule has 0 bridgehead atoms. The van der Waals surface area contributed by atoms with E-state index in [9.17, 15) is 0 Å². The Hall–Kier alpha value is -0.380. The summed E-state index contributed by atoms with van der Waals surface area (Å²) in [6, 6.07) is 8.96. The molecule has 0 aliphatic heterocycles. The first-order valence-corrected chi connectivity index (χ1v) is 7.20. The topological polar surface area (TPSA) is 38.0 Å². The summed E-state index contributed by atoms with van der Waals surface area (Å²) in [7, 11) is 0. The van der Waals surface area contributed by atoms with Crippen molar-refractivity contribution in [2.45, 2.75) is 38.6 Å². The maximum Gasteiger partial charge on any atom is 0.0281 e. The monoisotopic (exact) mass is 296 g/mol. The smallest absolute Gasteiger partial charge is 0.0281 e. The Morgan fingerprint density at radius 3 is 2.59 bits per heavy atom. The van der Waals surface area contributed by atoms with Gasteiger partial charge in [0.15, 0.2) is 0 Å². The zero-order chi connectivity index (χ0) is 12.3. The van der Waals surface area contributed by atoms with E-state index in [-0.39, 0.29) is 0 Å². The van der Waals surface area contributed by atoms with Crippen LogP contribution in [0.25, 0.3) is 0 Å². The average molecular weight is 297 g/mol. The quantitative estimate of drug-likeness (QED) is 0.661. The van der Waals surface area contributed by atoms with Crippen LogP contribution in [0.1, 0.15) is 31.7 Å². The second-order valence-electron chi connectivity index (χ2n) is 5.18. The lowest BCUT2D eigenvalue weighted by Crippen LogP contribution is -2.43. The molecule has 0 aromatic heterocycles. The van der Waals surface area contributed by atoms with Crippen molar-refractivity contribution in [3.63, 3.8) is 0 Å². The molecule has 3 N–H and O–H groups in total. The normalized spacial score (nSPS) is 26.1. The molecule has 3 heteroatoms. The Labute approximate surface area is 112 Å². The SMILES string of the molecule is CC1CCCC1C(Cc1ccc(Br)cc1)NN. The molecule has 2 rings (SSSR count). The summed E-state index contributed by atoms with van der Waals surface area (Å²) >= 11 is 3.46. The number of hydrogen-bond acceptors (Lipinski definition) is 2. The maximum absolute atomic E-state index is 5.73. The minimum absolute atomic E-state index is 0.411. The van der Waals surface area contributed by atoms with Gasteiger partial charge in [0.2, 0.25) is 0 Å². The maximum atomic E-state index is 5.73.